The van der Waals surface area contributed by atoms with Gasteiger partial charge in [-0.2, -0.15) is 0 Å². The fourth-order valence-electron chi connectivity index (χ4n) is 2.85. The van der Waals surface area contributed by atoms with E-state index in [1.807, 2.05) is 24.3 Å². The number of benzene rings is 3. The van der Waals surface area contributed by atoms with Crippen LogP contribution < -0.4 is 14.2 Å². The molecule has 4 aromatic rings. The van der Waals surface area contributed by atoms with Crippen LogP contribution in [0.15, 0.2) is 66.7 Å². The van der Waals surface area contributed by atoms with E-state index >= 15 is 0 Å². The van der Waals surface area contributed by atoms with Crippen LogP contribution in [0.3, 0.4) is 0 Å². The normalized spacial score (nSPS) is 10.7. The van der Waals surface area contributed by atoms with Gasteiger partial charge in [-0.1, -0.05) is 0 Å². The van der Waals surface area contributed by atoms with Crippen LogP contribution in [0.1, 0.15) is 0 Å². The molecule has 0 fully saturated rings. The van der Waals surface area contributed by atoms with E-state index in [2.05, 4.69) is 18.2 Å². The number of aromatic hydroxyl groups is 1. The average Bonchev–Trinajstić information content (AvgIpc) is 3.07. The van der Waals surface area contributed by atoms with Gasteiger partial charge in [0.15, 0.2) is 0 Å². The minimum absolute atomic E-state index is 0.0880. The molecular formula is C22H18O4Se. The molecule has 0 radical (unpaired) electrons. The molecule has 27 heavy (non-hydrogen) atoms. The Bertz CT molecular complexity index is 1070. The van der Waals surface area contributed by atoms with Crippen molar-refractivity contribution in [1.82, 2.24) is 0 Å². The molecule has 0 saturated heterocycles. The van der Waals surface area contributed by atoms with E-state index in [-0.39, 0.29) is 20.3 Å². The first kappa shape index (κ1) is 17.5. The Morgan fingerprint density at radius 2 is 1.37 bits per heavy atom. The number of hydrogen-bond donors (Lipinski definition) is 1. The van der Waals surface area contributed by atoms with Crippen molar-refractivity contribution < 1.29 is 19.3 Å². The fourth-order valence-corrected chi connectivity index (χ4v) is 5.29. The van der Waals surface area contributed by atoms with Crippen LogP contribution in [0, 0.1) is 0 Å². The number of ether oxygens (including phenoxy) is 3. The maximum absolute atomic E-state index is 9.52. The first-order valence-electron chi connectivity index (χ1n) is 8.40. The van der Waals surface area contributed by atoms with Crippen molar-refractivity contribution in [3.63, 3.8) is 0 Å². The molecule has 4 rings (SSSR count). The summed E-state index contributed by atoms with van der Waals surface area (Å²) in [5, 5.41) is 10.6. The number of rotatable bonds is 5. The summed E-state index contributed by atoms with van der Waals surface area (Å²) in [5.41, 5.74) is 1.11. The van der Waals surface area contributed by atoms with Gasteiger partial charge in [0.05, 0.1) is 0 Å². The third-order valence-electron chi connectivity index (χ3n) is 4.26. The number of hydrogen-bond acceptors (Lipinski definition) is 4. The molecule has 0 unspecified atom stereocenters. The summed E-state index contributed by atoms with van der Waals surface area (Å²) in [4.78, 5) is 0. The Morgan fingerprint density at radius 3 is 2.04 bits per heavy atom. The van der Waals surface area contributed by atoms with Gasteiger partial charge in [-0.3, -0.25) is 0 Å². The van der Waals surface area contributed by atoms with Gasteiger partial charge in [0, 0.05) is 0 Å². The monoisotopic (exact) mass is 426 g/mol. The van der Waals surface area contributed by atoms with Gasteiger partial charge in [-0.15, -0.1) is 0 Å². The molecule has 1 N–H and O–H groups in total. The number of fused-ring (bicyclic) bond motifs is 1. The molecule has 0 saturated carbocycles. The van der Waals surface area contributed by atoms with Crippen molar-refractivity contribution in [2.24, 2.45) is 0 Å². The van der Waals surface area contributed by atoms with Gasteiger partial charge >= 0.3 is 163 Å². The van der Waals surface area contributed by atoms with Gasteiger partial charge in [0.1, 0.15) is 0 Å². The molecule has 0 aliphatic heterocycles. The van der Waals surface area contributed by atoms with Gasteiger partial charge in [0.2, 0.25) is 0 Å². The summed E-state index contributed by atoms with van der Waals surface area (Å²) in [6, 6.07) is 20.9. The Balaban J connectivity index is 1.85. The van der Waals surface area contributed by atoms with Crippen molar-refractivity contribution in [1.29, 1.82) is 0 Å². The summed E-state index contributed by atoms with van der Waals surface area (Å²) in [6.45, 7) is 0. The predicted molar refractivity (Wildman–Crippen MR) is 108 cm³/mol. The van der Waals surface area contributed by atoms with Gasteiger partial charge in [-0.05, 0) is 0 Å². The molecule has 4 nitrogen and oxygen atoms in total. The zero-order valence-electron chi connectivity index (χ0n) is 14.9. The van der Waals surface area contributed by atoms with Gasteiger partial charge in [-0.25, -0.2) is 0 Å². The Kier molecular flexibility index (Phi) is 4.80. The minimum atomic E-state index is 0.0880. The van der Waals surface area contributed by atoms with E-state index in [1.165, 1.54) is 8.70 Å². The van der Waals surface area contributed by atoms with Crippen molar-refractivity contribution >= 4 is 24.1 Å². The van der Waals surface area contributed by atoms with Crippen LogP contribution in [0.25, 0.3) is 19.6 Å². The maximum atomic E-state index is 9.52. The standard InChI is InChI=1S/C22H18O4Se/c1-24-16-7-3-14(4-8-16)22-21(26-17-9-5-15(23)6-10-17)19-12-11-18(25-2)13-20(19)27-22/h3-13,23H,1-2H3. The summed E-state index contributed by atoms with van der Waals surface area (Å²) in [6.07, 6.45) is 0. The summed E-state index contributed by atoms with van der Waals surface area (Å²) < 4.78 is 19.3. The van der Waals surface area contributed by atoms with Crippen LogP contribution in [-0.2, 0) is 0 Å². The SMILES string of the molecule is COc1ccc(-c2[se]c3cc(OC)ccc3c2Oc2ccc(O)cc2)cc1. The molecule has 3 aromatic carbocycles. The fraction of sp³-hybridized carbons (Fsp3) is 0.0909. The van der Waals surface area contributed by atoms with Crippen molar-refractivity contribution in [2.75, 3.05) is 14.2 Å². The third-order valence-corrected chi connectivity index (χ3v) is 6.74. The predicted octanol–water partition coefficient (Wildman–Crippen LogP) is 5.08. The molecule has 0 aliphatic carbocycles. The molecule has 0 aliphatic rings. The second-order valence-electron chi connectivity index (χ2n) is 5.95. The number of phenolic OH excluding ortho intramolecular Hbond substituents is 1. The van der Waals surface area contributed by atoms with Crippen LogP contribution >= 0.6 is 0 Å². The van der Waals surface area contributed by atoms with Crippen LogP contribution in [0.4, 0.5) is 0 Å². The van der Waals surface area contributed by atoms with Crippen molar-refractivity contribution in [3.05, 3.63) is 66.7 Å². The Labute approximate surface area is 163 Å². The van der Waals surface area contributed by atoms with Crippen LogP contribution in [0.5, 0.6) is 28.7 Å². The zero-order chi connectivity index (χ0) is 18.8. The molecule has 1 heterocycles. The Hall–Kier alpha value is -2.88. The van der Waals surface area contributed by atoms with E-state index < -0.39 is 0 Å². The average molecular weight is 425 g/mol. The summed E-state index contributed by atoms with van der Waals surface area (Å²) in [7, 11) is 3.34. The second-order valence-corrected chi connectivity index (χ2v) is 8.15. The molecule has 0 amide bonds. The molecular weight excluding hydrogens is 407 g/mol. The summed E-state index contributed by atoms with van der Waals surface area (Å²) >= 11 is 0.0880. The first-order valence-corrected chi connectivity index (χ1v) is 10.1. The quantitative estimate of drug-likeness (QED) is 0.453. The Morgan fingerprint density at radius 1 is 0.741 bits per heavy atom. The van der Waals surface area contributed by atoms with Gasteiger partial charge < -0.3 is 0 Å². The van der Waals surface area contributed by atoms with E-state index in [4.69, 9.17) is 14.2 Å². The molecule has 1 aromatic heterocycles. The van der Waals surface area contributed by atoms with E-state index in [1.54, 1.807) is 38.5 Å². The summed E-state index contributed by atoms with van der Waals surface area (Å²) in [5.74, 6) is 3.42. The number of methoxy groups -OCH3 is 2. The van der Waals surface area contributed by atoms with Crippen LogP contribution in [0.2, 0.25) is 0 Å². The zero-order valence-corrected chi connectivity index (χ0v) is 16.6. The molecule has 0 spiro atoms. The second kappa shape index (κ2) is 7.39. The van der Waals surface area contributed by atoms with Gasteiger partial charge in [0.25, 0.3) is 0 Å². The third kappa shape index (κ3) is 3.52. The van der Waals surface area contributed by atoms with Crippen LogP contribution in [-0.4, -0.2) is 33.8 Å². The topological polar surface area (TPSA) is 47.9 Å². The molecule has 5 heteroatoms. The van der Waals surface area contributed by atoms with Crippen molar-refractivity contribution in [3.8, 4) is 38.7 Å². The molecule has 0 bridgehead atoms. The first-order chi connectivity index (χ1) is 13.2. The van der Waals surface area contributed by atoms with E-state index in [0.717, 1.165) is 28.2 Å². The van der Waals surface area contributed by atoms with E-state index in [9.17, 15) is 5.11 Å². The molecule has 0 atom stereocenters. The molecule has 136 valence electrons. The van der Waals surface area contributed by atoms with E-state index in [0.29, 0.717) is 5.75 Å². The number of phenols is 1. The van der Waals surface area contributed by atoms with Crippen molar-refractivity contribution in [2.45, 2.75) is 0 Å².